The average Bonchev–Trinajstić information content (AvgIpc) is 2.86. The molecular formula is C12H10ClN3O2S. The molecule has 1 aromatic heterocycles. The van der Waals surface area contributed by atoms with Crippen LogP contribution in [-0.4, -0.2) is 16.8 Å². The lowest BCUT2D eigenvalue weighted by Gasteiger charge is -2.08. The second-order valence-corrected chi connectivity index (χ2v) is 4.83. The summed E-state index contributed by atoms with van der Waals surface area (Å²) >= 11 is 7.35. The molecule has 7 heteroatoms. The van der Waals surface area contributed by atoms with Crippen LogP contribution < -0.4 is 10.6 Å². The Bertz CT molecular complexity index is 613. The monoisotopic (exact) mass is 295 g/mol. The molecule has 2 aromatic rings. The Morgan fingerprint density at radius 3 is 2.68 bits per heavy atom. The molecule has 98 valence electrons. The smallest absolute Gasteiger partial charge is 0.275 e. The zero-order valence-electron chi connectivity index (χ0n) is 9.94. The molecule has 0 aliphatic heterocycles. The maximum Gasteiger partial charge on any atom is 0.275 e. The maximum atomic E-state index is 11.8. The summed E-state index contributed by atoms with van der Waals surface area (Å²) in [5.74, 6) is -0.509. The predicted molar refractivity (Wildman–Crippen MR) is 75.8 cm³/mol. The fourth-order valence-electron chi connectivity index (χ4n) is 1.40. The molecule has 0 unspecified atom stereocenters. The maximum absolute atomic E-state index is 11.8. The number of hydrogen-bond donors (Lipinski definition) is 2. The zero-order chi connectivity index (χ0) is 13.8. The first-order chi connectivity index (χ1) is 9.06. The van der Waals surface area contributed by atoms with Crippen LogP contribution in [0.4, 0.5) is 11.4 Å². The summed E-state index contributed by atoms with van der Waals surface area (Å²) in [6.07, 6.45) is 0. The van der Waals surface area contributed by atoms with E-state index in [2.05, 4.69) is 15.6 Å². The second kappa shape index (κ2) is 5.81. The van der Waals surface area contributed by atoms with Gasteiger partial charge in [-0.15, -0.1) is 11.3 Å². The summed E-state index contributed by atoms with van der Waals surface area (Å²) in [5.41, 5.74) is 2.98. The van der Waals surface area contributed by atoms with Crippen LogP contribution in [0.1, 0.15) is 17.4 Å². The number of nitrogens with zero attached hydrogens (tertiary/aromatic N) is 1. The number of carbonyl (C=O) groups excluding carboxylic acids is 2. The van der Waals surface area contributed by atoms with Crippen LogP contribution in [-0.2, 0) is 4.79 Å². The van der Waals surface area contributed by atoms with Crippen molar-refractivity contribution in [3.8, 4) is 0 Å². The third-order valence-corrected chi connectivity index (χ3v) is 3.10. The van der Waals surface area contributed by atoms with Crippen molar-refractivity contribution in [3.63, 3.8) is 0 Å². The number of rotatable bonds is 3. The van der Waals surface area contributed by atoms with Crippen LogP contribution in [0.15, 0.2) is 29.1 Å². The van der Waals surface area contributed by atoms with Crippen molar-refractivity contribution in [2.75, 3.05) is 10.6 Å². The van der Waals surface area contributed by atoms with Crippen LogP contribution in [0.5, 0.6) is 0 Å². The van der Waals surface area contributed by atoms with Gasteiger partial charge in [0.25, 0.3) is 5.91 Å². The third kappa shape index (κ3) is 3.52. The van der Waals surface area contributed by atoms with Gasteiger partial charge in [-0.3, -0.25) is 9.59 Å². The van der Waals surface area contributed by atoms with Gasteiger partial charge < -0.3 is 10.6 Å². The van der Waals surface area contributed by atoms with Crippen LogP contribution >= 0.6 is 22.9 Å². The lowest BCUT2D eigenvalue weighted by molar-refractivity contribution is -0.114. The van der Waals surface area contributed by atoms with E-state index in [0.29, 0.717) is 22.1 Å². The van der Waals surface area contributed by atoms with Crippen molar-refractivity contribution in [2.24, 2.45) is 0 Å². The Morgan fingerprint density at radius 2 is 2.11 bits per heavy atom. The minimum Gasteiger partial charge on any atom is -0.325 e. The quantitative estimate of drug-likeness (QED) is 0.914. The molecule has 1 heterocycles. The molecule has 0 bridgehead atoms. The normalized spacial score (nSPS) is 10.0. The summed E-state index contributed by atoms with van der Waals surface area (Å²) < 4.78 is 0. The average molecular weight is 296 g/mol. The molecule has 5 nitrogen and oxygen atoms in total. The van der Waals surface area contributed by atoms with Gasteiger partial charge in [-0.2, -0.15) is 0 Å². The van der Waals surface area contributed by atoms with Crippen molar-refractivity contribution >= 4 is 46.1 Å². The molecule has 0 radical (unpaired) electrons. The molecular weight excluding hydrogens is 286 g/mol. The number of thiazole rings is 1. The van der Waals surface area contributed by atoms with Crippen LogP contribution in [0.25, 0.3) is 0 Å². The summed E-state index contributed by atoms with van der Waals surface area (Å²) in [6, 6.07) is 4.85. The Kier molecular flexibility index (Phi) is 4.13. The van der Waals surface area contributed by atoms with E-state index < -0.39 is 0 Å². The highest BCUT2D eigenvalue weighted by Crippen LogP contribution is 2.25. The van der Waals surface area contributed by atoms with Gasteiger partial charge in [-0.05, 0) is 18.2 Å². The van der Waals surface area contributed by atoms with Gasteiger partial charge >= 0.3 is 0 Å². The topological polar surface area (TPSA) is 71.1 Å². The Hall–Kier alpha value is -1.92. The van der Waals surface area contributed by atoms with E-state index in [1.165, 1.54) is 18.3 Å². The minimum absolute atomic E-state index is 0.207. The van der Waals surface area contributed by atoms with E-state index in [-0.39, 0.29) is 11.8 Å². The van der Waals surface area contributed by atoms with Gasteiger partial charge in [0.1, 0.15) is 5.69 Å². The van der Waals surface area contributed by atoms with Crippen LogP contribution in [0, 0.1) is 0 Å². The first kappa shape index (κ1) is 13.5. The first-order valence-electron chi connectivity index (χ1n) is 5.33. The van der Waals surface area contributed by atoms with Gasteiger partial charge in [-0.1, -0.05) is 11.6 Å². The highest BCUT2D eigenvalue weighted by molar-refractivity contribution is 7.07. The fraction of sp³-hybridized carbons (Fsp3) is 0.0833. The molecule has 0 aliphatic rings. The van der Waals surface area contributed by atoms with Crippen molar-refractivity contribution in [2.45, 2.75) is 6.92 Å². The van der Waals surface area contributed by atoms with Gasteiger partial charge in [0.15, 0.2) is 0 Å². The van der Waals surface area contributed by atoms with E-state index in [4.69, 9.17) is 11.6 Å². The molecule has 0 fully saturated rings. The Labute approximate surface area is 118 Å². The van der Waals surface area contributed by atoms with E-state index in [9.17, 15) is 9.59 Å². The van der Waals surface area contributed by atoms with Crippen LogP contribution in [0.2, 0.25) is 5.02 Å². The van der Waals surface area contributed by atoms with Gasteiger partial charge in [0, 0.05) is 18.0 Å². The van der Waals surface area contributed by atoms with Crippen molar-refractivity contribution in [1.82, 2.24) is 4.98 Å². The van der Waals surface area contributed by atoms with Gasteiger partial charge in [0.2, 0.25) is 5.91 Å². The number of amides is 2. The minimum atomic E-state index is -0.301. The lowest BCUT2D eigenvalue weighted by Crippen LogP contribution is -2.12. The highest BCUT2D eigenvalue weighted by atomic mass is 35.5. The van der Waals surface area contributed by atoms with Crippen molar-refractivity contribution < 1.29 is 9.59 Å². The number of carbonyl (C=O) groups is 2. The largest absolute Gasteiger partial charge is 0.325 e. The summed E-state index contributed by atoms with van der Waals surface area (Å²) in [7, 11) is 0. The molecule has 0 spiro atoms. The summed E-state index contributed by atoms with van der Waals surface area (Å²) in [5, 5.41) is 7.27. The number of anilines is 2. The van der Waals surface area contributed by atoms with Crippen molar-refractivity contribution in [1.29, 1.82) is 0 Å². The molecule has 19 heavy (non-hydrogen) atoms. The Balaban J connectivity index is 2.12. The molecule has 0 saturated carbocycles. The second-order valence-electron chi connectivity index (χ2n) is 3.70. The molecule has 2 rings (SSSR count). The predicted octanol–water partition coefficient (Wildman–Crippen LogP) is 3.01. The van der Waals surface area contributed by atoms with E-state index in [1.807, 2.05) is 0 Å². The van der Waals surface area contributed by atoms with Crippen LogP contribution in [0.3, 0.4) is 0 Å². The zero-order valence-corrected chi connectivity index (χ0v) is 11.5. The lowest BCUT2D eigenvalue weighted by atomic mass is 10.2. The van der Waals surface area contributed by atoms with Crippen molar-refractivity contribution in [3.05, 3.63) is 39.8 Å². The van der Waals surface area contributed by atoms with Gasteiger partial charge in [0.05, 0.1) is 16.2 Å². The van der Waals surface area contributed by atoms with E-state index in [0.717, 1.165) is 0 Å². The number of nitrogens with one attached hydrogen (secondary N) is 2. The number of hydrogen-bond acceptors (Lipinski definition) is 4. The molecule has 0 aliphatic carbocycles. The van der Waals surface area contributed by atoms with Gasteiger partial charge in [-0.25, -0.2) is 4.98 Å². The first-order valence-corrected chi connectivity index (χ1v) is 6.65. The van der Waals surface area contributed by atoms with E-state index in [1.54, 1.807) is 29.1 Å². The Morgan fingerprint density at radius 1 is 1.32 bits per heavy atom. The molecule has 1 aromatic carbocycles. The standard InChI is InChI=1S/C12H10ClN3O2S/c1-7(17)15-10-3-2-8(4-9(10)13)16-12(18)11-5-19-6-14-11/h2-6H,1H3,(H,15,17)(H,16,18). The molecule has 0 atom stereocenters. The fourth-order valence-corrected chi connectivity index (χ4v) is 2.16. The SMILES string of the molecule is CC(=O)Nc1ccc(NC(=O)c2cscn2)cc1Cl. The van der Waals surface area contributed by atoms with E-state index >= 15 is 0 Å². The summed E-state index contributed by atoms with van der Waals surface area (Å²) in [6.45, 7) is 1.40. The molecule has 2 N–H and O–H groups in total. The highest BCUT2D eigenvalue weighted by Gasteiger charge is 2.09. The molecule has 0 saturated heterocycles. The third-order valence-electron chi connectivity index (χ3n) is 2.20. The molecule has 2 amide bonds. The number of aromatic nitrogens is 1. The summed E-state index contributed by atoms with van der Waals surface area (Å²) in [4.78, 5) is 26.6. The number of halogens is 1. The number of benzene rings is 1.